The Hall–Kier alpha value is -1.10. The SMILES string of the molecule is CC(C)N(C)C(=O)c1cc(N)c(F)cc1Br. The normalized spacial score (nSPS) is 10.6. The Bertz CT molecular complexity index is 421. The van der Waals surface area contributed by atoms with Gasteiger partial charge in [0.25, 0.3) is 5.91 Å². The number of carbonyl (C=O) groups excluding carboxylic acids is 1. The quantitative estimate of drug-likeness (QED) is 0.851. The average Bonchev–Trinajstić information content (AvgIpc) is 2.21. The fourth-order valence-corrected chi connectivity index (χ4v) is 1.64. The van der Waals surface area contributed by atoms with Gasteiger partial charge in [0.05, 0.1) is 11.3 Å². The van der Waals surface area contributed by atoms with Gasteiger partial charge < -0.3 is 10.6 Å². The lowest BCUT2D eigenvalue weighted by Crippen LogP contribution is -2.33. The lowest BCUT2D eigenvalue weighted by atomic mass is 10.1. The summed E-state index contributed by atoms with van der Waals surface area (Å²) in [6, 6.07) is 2.63. The van der Waals surface area contributed by atoms with Crippen molar-refractivity contribution in [3.05, 3.63) is 28.0 Å². The molecule has 0 unspecified atom stereocenters. The molecule has 1 amide bonds. The molecule has 1 aromatic carbocycles. The van der Waals surface area contributed by atoms with E-state index in [2.05, 4.69) is 15.9 Å². The Morgan fingerprint density at radius 3 is 2.56 bits per heavy atom. The summed E-state index contributed by atoms with van der Waals surface area (Å²) in [4.78, 5) is 13.6. The van der Waals surface area contributed by atoms with Crippen molar-refractivity contribution in [3.63, 3.8) is 0 Å². The molecule has 0 saturated heterocycles. The van der Waals surface area contributed by atoms with E-state index in [1.54, 1.807) is 11.9 Å². The smallest absolute Gasteiger partial charge is 0.255 e. The zero-order valence-electron chi connectivity index (χ0n) is 9.42. The van der Waals surface area contributed by atoms with Gasteiger partial charge in [-0.15, -0.1) is 0 Å². The van der Waals surface area contributed by atoms with E-state index in [1.165, 1.54) is 12.1 Å². The van der Waals surface area contributed by atoms with Crippen LogP contribution in [0.2, 0.25) is 0 Å². The molecule has 1 rings (SSSR count). The van der Waals surface area contributed by atoms with Gasteiger partial charge in [-0.3, -0.25) is 4.79 Å². The predicted octanol–water partition coefficient (Wildman–Crippen LogP) is 2.65. The fourth-order valence-electron chi connectivity index (χ4n) is 1.15. The summed E-state index contributed by atoms with van der Waals surface area (Å²) in [6.07, 6.45) is 0. The van der Waals surface area contributed by atoms with Crippen LogP contribution in [-0.4, -0.2) is 23.9 Å². The van der Waals surface area contributed by atoms with Crippen molar-refractivity contribution in [1.29, 1.82) is 0 Å². The van der Waals surface area contributed by atoms with E-state index in [4.69, 9.17) is 5.73 Å². The minimum Gasteiger partial charge on any atom is -0.396 e. The molecule has 16 heavy (non-hydrogen) atoms. The molecule has 2 N–H and O–H groups in total. The molecular weight excluding hydrogens is 275 g/mol. The summed E-state index contributed by atoms with van der Waals surface area (Å²) in [6.45, 7) is 3.80. The first-order valence-electron chi connectivity index (χ1n) is 4.86. The summed E-state index contributed by atoms with van der Waals surface area (Å²) in [5.41, 5.74) is 5.78. The molecule has 0 saturated carbocycles. The van der Waals surface area contributed by atoms with Crippen LogP contribution in [0.4, 0.5) is 10.1 Å². The van der Waals surface area contributed by atoms with Gasteiger partial charge in [-0.2, -0.15) is 0 Å². The Labute approximate surface area is 103 Å². The summed E-state index contributed by atoms with van der Waals surface area (Å²) in [7, 11) is 1.69. The van der Waals surface area contributed by atoms with Crippen LogP contribution in [0.15, 0.2) is 16.6 Å². The minimum absolute atomic E-state index is 0.0243. The van der Waals surface area contributed by atoms with E-state index in [9.17, 15) is 9.18 Å². The van der Waals surface area contributed by atoms with Gasteiger partial charge in [-0.1, -0.05) is 0 Å². The van der Waals surface area contributed by atoms with Crippen molar-refractivity contribution < 1.29 is 9.18 Å². The summed E-state index contributed by atoms with van der Waals surface area (Å²) < 4.78 is 13.5. The largest absolute Gasteiger partial charge is 0.396 e. The molecule has 0 aliphatic rings. The molecule has 0 aliphatic carbocycles. The second kappa shape index (κ2) is 4.82. The molecule has 0 spiro atoms. The van der Waals surface area contributed by atoms with Gasteiger partial charge in [0, 0.05) is 17.6 Å². The third kappa shape index (κ3) is 2.52. The summed E-state index contributed by atoms with van der Waals surface area (Å²) in [5.74, 6) is -0.718. The van der Waals surface area contributed by atoms with Crippen LogP contribution in [0.5, 0.6) is 0 Å². The van der Waals surface area contributed by atoms with Gasteiger partial charge in [0.2, 0.25) is 0 Å². The molecule has 0 fully saturated rings. The number of amides is 1. The predicted molar refractivity (Wildman–Crippen MR) is 65.7 cm³/mol. The lowest BCUT2D eigenvalue weighted by molar-refractivity contribution is 0.0754. The number of anilines is 1. The van der Waals surface area contributed by atoms with Crippen LogP contribution in [0.3, 0.4) is 0 Å². The zero-order chi connectivity index (χ0) is 12.5. The third-order valence-electron chi connectivity index (χ3n) is 2.41. The first-order chi connectivity index (χ1) is 7.34. The van der Waals surface area contributed by atoms with Crippen LogP contribution in [0.25, 0.3) is 0 Å². The summed E-state index contributed by atoms with van der Waals surface area (Å²) >= 11 is 3.16. The molecule has 0 aliphatic heterocycles. The molecule has 3 nitrogen and oxygen atoms in total. The second-order valence-corrected chi connectivity index (χ2v) is 4.72. The van der Waals surface area contributed by atoms with Gasteiger partial charge in [-0.05, 0) is 41.9 Å². The van der Waals surface area contributed by atoms with Crippen molar-refractivity contribution in [3.8, 4) is 0 Å². The molecule has 0 heterocycles. The highest BCUT2D eigenvalue weighted by atomic mass is 79.9. The van der Waals surface area contributed by atoms with Crippen molar-refractivity contribution in [2.75, 3.05) is 12.8 Å². The maximum Gasteiger partial charge on any atom is 0.255 e. The van der Waals surface area contributed by atoms with E-state index in [-0.39, 0.29) is 17.6 Å². The van der Waals surface area contributed by atoms with Crippen molar-refractivity contribution >= 4 is 27.5 Å². The molecule has 1 aromatic rings. The number of hydrogen-bond acceptors (Lipinski definition) is 2. The van der Waals surface area contributed by atoms with Gasteiger partial charge in [0.15, 0.2) is 0 Å². The Morgan fingerprint density at radius 1 is 1.50 bits per heavy atom. The van der Waals surface area contributed by atoms with Gasteiger partial charge in [-0.25, -0.2) is 4.39 Å². The molecule has 0 atom stereocenters. The van der Waals surface area contributed by atoms with Crippen molar-refractivity contribution in [2.45, 2.75) is 19.9 Å². The first kappa shape index (κ1) is 13.0. The maximum atomic E-state index is 13.1. The van der Waals surface area contributed by atoms with E-state index in [0.717, 1.165) is 0 Å². The van der Waals surface area contributed by atoms with Crippen LogP contribution < -0.4 is 5.73 Å². The number of halogens is 2. The Balaban J connectivity index is 3.14. The van der Waals surface area contributed by atoms with Gasteiger partial charge in [0.1, 0.15) is 5.82 Å². The van der Waals surface area contributed by atoms with E-state index >= 15 is 0 Å². The number of benzene rings is 1. The zero-order valence-corrected chi connectivity index (χ0v) is 11.0. The standard InChI is InChI=1S/C11H14BrFN2O/c1-6(2)15(3)11(16)7-4-10(14)9(13)5-8(7)12/h4-6H,14H2,1-3H3. The van der Waals surface area contributed by atoms with E-state index in [0.29, 0.717) is 10.0 Å². The number of hydrogen-bond donors (Lipinski definition) is 1. The fraction of sp³-hybridized carbons (Fsp3) is 0.364. The first-order valence-corrected chi connectivity index (χ1v) is 5.65. The number of nitrogen functional groups attached to an aromatic ring is 1. The second-order valence-electron chi connectivity index (χ2n) is 3.86. The Kier molecular flexibility index (Phi) is 3.91. The Morgan fingerprint density at radius 2 is 2.06 bits per heavy atom. The third-order valence-corrected chi connectivity index (χ3v) is 3.07. The number of carbonyl (C=O) groups is 1. The number of nitrogens with two attached hydrogens (primary N) is 1. The van der Waals surface area contributed by atoms with E-state index in [1.807, 2.05) is 13.8 Å². The van der Waals surface area contributed by atoms with E-state index < -0.39 is 5.82 Å². The minimum atomic E-state index is -0.532. The van der Waals surface area contributed by atoms with Crippen LogP contribution in [0, 0.1) is 5.82 Å². The highest BCUT2D eigenvalue weighted by Crippen LogP contribution is 2.24. The maximum absolute atomic E-state index is 13.1. The molecule has 0 radical (unpaired) electrons. The highest BCUT2D eigenvalue weighted by molar-refractivity contribution is 9.10. The van der Waals surface area contributed by atoms with Crippen LogP contribution in [0.1, 0.15) is 24.2 Å². The monoisotopic (exact) mass is 288 g/mol. The highest BCUT2D eigenvalue weighted by Gasteiger charge is 2.18. The molecule has 88 valence electrons. The lowest BCUT2D eigenvalue weighted by Gasteiger charge is -2.22. The molecule has 5 heteroatoms. The molecule has 0 aromatic heterocycles. The average molecular weight is 289 g/mol. The number of rotatable bonds is 2. The van der Waals surface area contributed by atoms with Crippen molar-refractivity contribution in [1.82, 2.24) is 4.90 Å². The molecule has 0 bridgehead atoms. The number of nitrogens with zero attached hydrogens (tertiary/aromatic N) is 1. The molecular formula is C11H14BrFN2O. The summed E-state index contributed by atoms with van der Waals surface area (Å²) in [5, 5.41) is 0. The van der Waals surface area contributed by atoms with Crippen LogP contribution >= 0.6 is 15.9 Å². The topological polar surface area (TPSA) is 46.3 Å². The van der Waals surface area contributed by atoms with Gasteiger partial charge >= 0.3 is 0 Å². The van der Waals surface area contributed by atoms with Crippen LogP contribution in [-0.2, 0) is 0 Å². The van der Waals surface area contributed by atoms with Crippen molar-refractivity contribution in [2.24, 2.45) is 0 Å².